The Kier molecular flexibility index (Phi) is 40.7. The maximum atomic E-state index is 12.3. The van der Waals surface area contributed by atoms with Gasteiger partial charge in [-0.15, -0.1) is 0 Å². The summed E-state index contributed by atoms with van der Waals surface area (Å²) in [6.45, 7) is 4.82. The number of hydrogen-bond acceptors (Lipinski definition) is 5. The molecule has 0 fully saturated rings. The molecule has 0 saturated heterocycles. The van der Waals surface area contributed by atoms with E-state index < -0.39 is 12.1 Å². The molecule has 306 valence electrons. The Morgan fingerprint density at radius 3 is 1.38 bits per heavy atom. The van der Waals surface area contributed by atoms with Gasteiger partial charge in [0.05, 0.1) is 25.4 Å². The van der Waals surface area contributed by atoms with Crippen LogP contribution in [0, 0.1) is 0 Å². The first kappa shape index (κ1) is 50.3. The monoisotopic (exact) mass is 734 g/mol. The van der Waals surface area contributed by atoms with Crippen LogP contribution in [-0.2, 0) is 14.3 Å². The normalized spacial score (nSPS) is 12.9. The summed E-state index contributed by atoms with van der Waals surface area (Å²) in [5.74, 6) is -0.115. The molecule has 0 aromatic heterocycles. The number of carbonyl (C=O) groups is 2. The van der Waals surface area contributed by atoms with E-state index in [2.05, 4.69) is 31.3 Å². The molecule has 0 aromatic carbocycles. The van der Waals surface area contributed by atoms with E-state index in [0.717, 1.165) is 70.6 Å². The van der Waals surface area contributed by atoms with Gasteiger partial charge in [-0.05, 0) is 57.8 Å². The van der Waals surface area contributed by atoms with Crippen molar-refractivity contribution >= 4 is 11.9 Å². The van der Waals surface area contributed by atoms with Crippen LogP contribution >= 0.6 is 0 Å². The zero-order valence-electron chi connectivity index (χ0n) is 34.5. The highest BCUT2D eigenvalue weighted by Crippen LogP contribution is 2.14. The number of nitrogens with one attached hydrogen (secondary N) is 1. The third-order valence-corrected chi connectivity index (χ3v) is 10.2. The molecule has 0 saturated carbocycles. The van der Waals surface area contributed by atoms with Crippen molar-refractivity contribution in [2.45, 2.75) is 244 Å². The summed E-state index contributed by atoms with van der Waals surface area (Å²) in [7, 11) is 0. The zero-order chi connectivity index (χ0) is 38.0. The largest absolute Gasteiger partial charge is 0.466 e. The lowest BCUT2D eigenvalue weighted by Crippen LogP contribution is -2.45. The number of rotatable bonds is 41. The van der Waals surface area contributed by atoms with Crippen LogP contribution in [0.25, 0.3) is 0 Å². The number of hydrogen-bond donors (Lipinski definition) is 3. The fraction of sp³-hybridized carbons (Fsp3) is 0.870. The van der Waals surface area contributed by atoms with Crippen LogP contribution < -0.4 is 5.32 Å². The van der Waals surface area contributed by atoms with Crippen LogP contribution in [0.4, 0.5) is 0 Å². The van der Waals surface area contributed by atoms with Crippen LogP contribution in [0.5, 0.6) is 0 Å². The summed E-state index contributed by atoms with van der Waals surface area (Å²) in [5.41, 5.74) is 0. The SMILES string of the molecule is CCCCCCCCCC/C=C/C(O)C(CO)NC(=O)CCCCC/C=C\CCCCCCCCOC(=O)CCCCCCCCCCCCCC. The number of allylic oxidation sites excluding steroid dienone is 3. The average molecular weight is 734 g/mol. The first-order valence-corrected chi connectivity index (χ1v) is 22.6. The van der Waals surface area contributed by atoms with E-state index in [9.17, 15) is 19.8 Å². The standard InChI is InChI=1S/C46H87NO5/c1-3-5-7-9-11-13-15-20-24-28-32-36-40-46(51)52-41-37-33-29-25-21-18-16-17-19-23-27-31-35-39-45(50)47-43(42-48)44(49)38-34-30-26-22-14-12-10-8-6-4-2/h17,19,34,38,43-44,48-49H,3-16,18,20-33,35-37,39-42H2,1-2H3,(H,47,50)/b19-17-,38-34+. The van der Waals surface area contributed by atoms with E-state index in [0.29, 0.717) is 19.4 Å². The van der Waals surface area contributed by atoms with Crippen molar-refractivity contribution in [3.63, 3.8) is 0 Å². The molecule has 0 aliphatic heterocycles. The maximum absolute atomic E-state index is 12.3. The molecular formula is C46H87NO5. The Morgan fingerprint density at radius 1 is 0.519 bits per heavy atom. The summed E-state index contributed by atoms with van der Waals surface area (Å²) in [5, 5.41) is 22.9. The molecule has 0 radical (unpaired) electrons. The Morgan fingerprint density at radius 2 is 0.904 bits per heavy atom. The summed E-state index contributed by atoms with van der Waals surface area (Å²) in [6.07, 6.45) is 47.4. The van der Waals surface area contributed by atoms with Gasteiger partial charge < -0.3 is 20.3 Å². The van der Waals surface area contributed by atoms with Gasteiger partial charge in [0, 0.05) is 12.8 Å². The smallest absolute Gasteiger partial charge is 0.305 e. The highest BCUT2D eigenvalue weighted by molar-refractivity contribution is 5.76. The second-order valence-electron chi connectivity index (χ2n) is 15.4. The van der Waals surface area contributed by atoms with Gasteiger partial charge in [-0.1, -0.05) is 186 Å². The summed E-state index contributed by atoms with van der Waals surface area (Å²) in [6, 6.07) is -0.645. The van der Waals surface area contributed by atoms with E-state index in [4.69, 9.17) is 4.74 Å². The van der Waals surface area contributed by atoms with Crippen LogP contribution in [-0.4, -0.2) is 47.4 Å². The molecule has 0 spiro atoms. The number of aliphatic hydroxyl groups is 2. The number of aliphatic hydroxyl groups excluding tert-OH is 2. The Labute approximate surface area is 322 Å². The highest BCUT2D eigenvalue weighted by atomic mass is 16.5. The van der Waals surface area contributed by atoms with Crippen LogP contribution in [0.3, 0.4) is 0 Å². The lowest BCUT2D eigenvalue weighted by molar-refractivity contribution is -0.143. The first-order chi connectivity index (χ1) is 25.5. The third-order valence-electron chi connectivity index (χ3n) is 10.2. The van der Waals surface area contributed by atoms with Crippen LogP contribution in [0.15, 0.2) is 24.3 Å². The van der Waals surface area contributed by atoms with E-state index in [1.54, 1.807) is 6.08 Å². The van der Waals surface area contributed by atoms with Crippen LogP contribution in [0.1, 0.15) is 232 Å². The number of amides is 1. The van der Waals surface area contributed by atoms with Crippen molar-refractivity contribution in [3.8, 4) is 0 Å². The second kappa shape index (κ2) is 42.1. The number of carbonyl (C=O) groups excluding carboxylic acids is 2. The third kappa shape index (κ3) is 38.1. The molecule has 2 unspecified atom stereocenters. The summed E-state index contributed by atoms with van der Waals surface area (Å²) >= 11 is 0. The number of unbranched alkanes of at least 4 members (excludes halogenated alkanes) is 28. The molecule has 0 aliphatic carbocycles. The molecule has 52 heavy (non-hydrogen) atoms. The molecule has 0 heterocycles. The topological polar surface area (TPSA) is 95.9 Å². The second-order valence-corrected chi connectivity index (χ2v) is 15.4. The molecule has 6 nitrogen and oxygen atoms in total. The minimum Gasteiger partial charge on any atom is -0.466 e. The zero-order valence-corrected chi connectivity index (χ0v) is 34.5. The lowest BCUT2D eigenvalue weighted by atomic mass is 10.0. The van der Waals surface area contributed by atoms with Crippen molar-refractivity contribution in [1.82, 2.24) is 5.32 Å². The van der Waals surface area contributed by atoms with Crippen molar-refractivity contribution < 1.29 is 24.5 Å². The fourth-order valence-electron chi connectivity index (χ4n) is 6.68. The van der Waals surface area contributed by atoms with Gasteiger partial charge in [0.2, 0.25) is 5.91 Å². The molecule has 0 aromatic rings. The average Bonchev–Trinajstić information content (AvgIpc) is 3.14. The first-order valence-electron chi connectivity index (χ1n) is 22.6. The molecule has 6 heteroatoms. The van der Waals surface area contributed by atoms with Crippen LogP contribution in [0.2, 0.25) is 0 Å². The highest BCUT2D eigenvalue weighted by Gasteiger charge is 2.18. The van der Waals surface area contributed by atoms with Crippen molar-refractivity contribution in [3.05, 3.63) is 24.3 Å². The Balaban J connectivity index is 3.53. The Hall–Kier alpha value is -1.66. The van der Waals surface area contributed by atoms with Crippen molar-refractivity contribution in [2.24, 2.45) is 0 Å². The quantitative estimate of drug-likeness (QED) is 0.0330. The van der Waals surface area contributed by atoms with Gasteiger partial charge in [0.25, 0.3) is 0 Å². The number of ether oxygens (including phenoxy) is 1. The van der Waals surface area contributed by atoms with E-state index in [1.165, 1.54) is 135 Å². The van der Waals surface area contributed by atoms with Gasteiger partial charge in [-0.3, -0.25) is 9.59 Å². The molecule has 0 bridgehead atoms. The summed E-state index contributed by atoms with van der Waals surface area (Å²) in [4.78, 5) is 24.3. The fourth-order valence-corrected chi connectivity index (χ4v) is 6.68. The predicted molar refractivity (Wildman–Crippen MR) is 223 cm³/mol. The Bertz CT molecular complexity index is 813. The minimum atomic E-state index is -0.858. The maximum Gasteiger partial charge on any atom is 0.305 e. The molecule has 2 atom stereocenters. The lowest BCUT2D eigenvalue weighted by Gasteiger charge is -2.19. The summed E-state index contributed by atoms with van der Waals surface area (Å²) < 4.78 is 5.43. The minimum absolute atomic E-state index is 0.0145. The van der Waals surface area contributed by atoms with Gasteiger partial charge in [0.1, 0.15) is 0 Å². The van der Waals surface area contributed by atoms with E-state index in [1.807, 2.05) is 6.08 Å². The van der Waals surface area contributed by atoms with Gasteiger partial charge >= 0.3 is 5.97 Å². The van der Waals surface area contributed by atoms with E-state index in [-0.39, 0.29) is 18.5 Å². The number of esters is 1. The van der Waals surface area contributed by atoms with Crippen molar-refractivity contribution in [2.75, 3.05) is 13.2 Å². The molecular weight excluding hydrogens is 647 g/mol. The molecule has 0 rings (SSSR count). The van der Waals surface area contributed by atoms with Gasteiger partial charge in [-0.25, -0.2) is 0 Å². The molecule has 3 N–H and O–H groups in total. The molecule has 1 amide bonds. The predicted octanol–water partition coefficient (Wildman–Crippen LogP) is 12.8. The van der Waals surface area contributed by atoms with E-state index >= 15 is 0 Å². The van der Waals surface area contributed by atoms with Crippen molar-refractivity contribution in [1.29, 1.82) is 0 Å². The van der Waals surface area contributed by atoms with Gasteiger partial charge in [-0.2, -0.15) is 0 Å². The van der Waals surface area contributed by atoms with Gasteiger partial charge in [0.15, 0.2) is 0 Å². The molecule has 0 aliphatic rings.